The Bertz CT molecular complexity index is 548. The number of piperidine rings is 2. The monoisotopic (exact) mass is 331 g/mol. The van der Waals surface area contributed by atoms with Gasteiger partial charge in [0.15, 0.2) is 0 Å². The number of ether oxygens (including phenoxy) is 1. The van der Waals surface area contributed by atoms with Gasteiger partial charge in [0.1, 0.15) is 0 Å². The van der Waals surface area contributed by atoms with Crippen molar-refractivity contribution in [1.29, 1.82) is 0 Å². The maximum atomic E-state index is 11.1. The molecule has 0 saturated carbocycles. The molecule has 3 rings (SSSR count). The summed E-state index contributed by atoms with van der Waals surface area (Å²) in [7, 11) is 1.74. The quantitative estimate of drug-likeness (QED) is 0.834. The van der Waals surface area contributed by atoms with Gasteiger partial charge in [-0.1, -0.05) is 37.3 Å². The van der Waals surface area contributed by atoms with Crippen LogP contribution < -0.4 is 0 Å². The van der Waals surface area contributed by atoms with Gasteiger partial charge in [-0.3, -0.25) is 4.90 Å². The van der Waals surface area contributed by atoms with Crippen LogP contribution in [0.25, 0.3) is 0 Å². The first kappa shape index (κ1) is 17.9. The summed E-state index contributed by atoms with van der Waals surface area (Å²) in [6.45, 7) is 7.61. The lowest BCUT2D eigenvalue weighted by Crippen LogP contribution is -2.63. The average Bonchev–Trinajstić information content (AvgIpc) is 2.57. The van der Waals surface area contributed by atoms with Gasteiger partial charge in [0.05, 0.1) is 5.60 Å². The van der Waals surface area contributed by atoms with Gasteiger partial charge in [-0.2, -0.15) is 0 Å². The molecule has 2 heterocycles. The smallest absolute Gasteiger partial charge is 0.0678 e. The zero-order valence-corrected chi connectivity index (χ0v) is 15.6. The van der Waals surface area contributed by atoms with Crippen LogP contribution in [-0.4, -0.2) is 48.0 Å². The minimum absolute atomic E-state index is 0.133. The lowest BCUT2D eigenvalue weighted by Gasteiger charge is -2.57. The van der Waals surface area contributed by atoms with Crippen LogP contribution in [0.2, 0.25) is 0 Å². The van der Waals surface area contributed by atoms with Crippen LogP contribution in [0, 0.1) is 0 Å². The number of hydrogen-bond donors (Lipinski definition) is 1. The minimum Gasteiger partial charge on any atom is -0.390 e. The second-order valence-corrected chi connectivity index (χ2v) is 8.59. The molecule has 3 atom stereocenters. The number of benzene rings is 1. The van der Waals surface area contributed by atoms with Crippen molar-refractivity contribution >= 4 is 0 Å². The summed E-state index contributed by atoms with van der Waals surface area (Å²) in [4.78, 5) is 2.65. The van der Waals surface area contributed by atoms with Gasteiger partial charge in [0, 0.05) is 37.8 Å². The van der Waals surface area contributed by atoms with Crippen molar-refractivity contribution in [2.75, 3.05) is 26.8 Å². The molecule has 0 bridgehead atoms. The molecular formula is C21H33NO2. The van der Waals surface area contributed by atoms with Crippen molar-refractivity contribution in [3.05, 3.63) is 35.9 Å². The highest BCUT2D eigenvalue weighted by Crippen LogP contribution is 2.47. The van der Waals surface area contributed by atoms with Gasteiger partial charge in [0.25, 0.3) is 0 Å². The average molecular weight is 332 g/mol. The zero-order chi connectivity index (χ0) is 17.3. The molecule has 0 aromatic heterocycles. The molecule has 2 aliphatic heterocycles. The number of hydrogen-bond acceptors (Lipinski definition) is 3. The molecule has 0 aliphatic carbocycles. The Morgan fingerprint density at radius 1 is 1.12 bits per heavy atom. The van der Waals surface area contributed by atoms with Crippen molar-refractivity contribution in [1.82, 2.24) is 4.90 Å². The van der Waals surface area contributed by atoms with Gasteiger partial charge in [0.2, 0.25) is 0 Å². The van der Waals surface area contributed by atoms with E-state index in [1.165, 1.54) is 12.0 Å². The maximum Gasteiger partial charge on any atom is 0.0678 e. The predicted octanol–water partition coefficient (Wildman–Crippen LogP) is 3.75. The van der Waals surface area contributed by atoms with E-state index >= 15 is 0 Å². The summed E-state index contributed by atoms with van der Waals surface area (Å²) in [6.07, 6.45) is 5.94. The summed E-state index contributed by atoms with van der Waals surface area (Å²) in [5, 5.41) is 11.1. The standard InChI is InChI=1S/C21H33NO2/c1-19(18-8-5-4-6-9-18)11-12-20(2)16-21(23,10-7-15-24-3)13-14-22(20)17-19/h4-6,8-9,23H,7,10-17H2,1-3H3. The van der Waals surface area contributed by atoms with Crippen molar-refractivity contribution in [2.45, 2.75) is 68.9 Å². The normalized spacial score (nSPS) is 37.2. The van der Waals surface area contributed by atoms with Crippen LogP contribution in [0.4, 0.5) is 0 Å². The Balaban J connectivity index is 1.70. The molecule has 0 spiro atoms. The van der Waals surface area contributed by atoms with E-state index in [-0.39, 0.29) is 11.0 Å². The van der Waals surface area contributed by atoms with Crippen molar-refractivity contribution in [3.63, 3.8) is 0 Å². The van der Waals surface area contributed by atoms with E-state index in [9.17, 15) is 5.11 Å². The fourth-order valence-electron chi connectivity index (χ4n) is 4.92. The largest absolute Gasteiger partial charge is 0.390 e. The molecule has 0 radical (unpaired) electrons. The second kappa shape index (κ2) is 6.78. The first-order valence-corrected chi connectivity index (χ1v) is 9.41. The summed E-state index contributed by atoms with van der Waals surface area (Å²) >= 11 is 0. The van der Waals surface area contributed by atoms with E-state index < -0.39 is 5.60 Å². The highest BCUT2D eigenvalue weighted by atomic mass is 16.5. The molecule has 3 unspecified atom stereocenters. The van der Waals surface area contributed by atoms with E-state index in [2.05, 4.69) is 49.1 Å². The van der Waals surface area contributed by atoms with Gasteiger partial charge < -0.3 is 9.84 Å². The van der Waals surface area contributed by atoms with Crippen molar-refractivity contribution in [3.8, 4) is 0 Å². The number of aliphatic hydroxyl groups is 1. The fraction of sp³-hybridized carbons (Fsp3) is 0.714. The van der Waals surface area contributed by atoms with Crippen molar-refractivity contribution < 1.29 is 9.84 Å². The third-order valence-electron chi connectivity index (χ3n) is 6.54. The van der Waals surface area contributed by atoms with Crippen LogP contribution in [0.15, 0.2) is 30.3 Å². The lowest BCUT2D eigenvalue weighted by atomic mass is 9.65. The third-order valence-corrected chi connectivity index (χ3v) is 6.54. The molecule has 2 fully saturated rings. The van der Waals surface area contributed by atoms with E-state index in [4.69, 9.17) is 4.74 Å². The molecule has 1 aromatic carbocycles. The first-order chi connectivity index (χ1) is 11.4. The van der Waals surface area contributed by atoms with Gasteiger partial charge >= 0.3 is 0 Å². The Kier molecular flexibility index (Phi) is 5.06. The summed E-state index contributed by atoms with van der Waals surface area (Å²) < 4.78 is 5.16. The Morgan fingerprint density at radius 3 is 2.58 bits per heavy atom. The van der Waals surface area contributed by atoms with E-state index in [0.29, 0.717) is 0 Å². The third kappa shape index (κ3) is 3.54. The first-order valence-electron chi connectivity index (χ1n) is 9.41. The second-order valence-electron chi connectivity index (χ2n) is 8.59. The van der Waals surface area contributed by atoms with Crippen LogP contribution in [0.3, 0.4) is 0 Å². The Morgan fingerprint density at radius 2 is 1.88 bits per heavy atom. The Hall–Kier alpha value is -0.900. The highest BCUT2D eigenvalue weighted by molar-refractivity contribution is 5.27. The summed E-state index contributed by atoms with van der Waals surface area (Å²) in [6, 6.07) is 10.9. The van der Waals surface area contributed by atoms with Crippen LogP contribution in [0.1, 0.15) is 57.9 Å². The van der Waals surface area contributed by atoms with E-state index in [1.54, 1.807) is 7.11 Å². The molecular weight excluding hydrogens is 298 g/mol. The van der Waals surface area contributed by atoms with Gasteiger partial charge in [-0.15, -0.1) is 0 Å². The van der Waals surface area contributed by atoms with Crippen molar-refractivity contribution in [2.24, 2.45) is 0 Å². The minimum atomic E-state index is -0.510. The van der Waals surface area contributed by atoms with Crippen LogP contribution in [-0.2, 0) is 10.2 Å². The summed E-state index contributed by atoms with van der Waals surface area (Å²) in [5.74, 6) is 0. The molecule has 3 heteroatoms. The predicted molar refractivity (Wildman–Crippen MR) is 98.3 cm³/mol. The van der Waals surface area contributed by atoms with Crippen LogP contribution in [0.5, 0.6) is 0 Å². The molecule has 1 aromatic rings. The maximum absolute atomic E-state index is 11.1. The lowest BCUT2D eigenvalue weighted by molar-refractivity contribution is -0.112. The number of nitrogens with zero attached hydrogens (tertiary/aromatic N) is 1. The number of rotatable bonds is 5. The zero-order valence-electron chi connectivity index (χ0n) is 15.6. The van der Waals surface area contributed by atoms with Crippen LogP contribution >= 0.6 is 0 Å². The number of methoxy groups -OCH3 is 1. The number of fused-ring (bicyclic) bond motifs is 1. The van der Waals surface area contributed by atoms with E-state index in [1.807, 2.05) is 0 Å². The molecule has 24 heavy (non-hydrogen) atoms. The molecule has 2 saturated heterocycles. The Labute approximate surface area is 147 Å². The molecule has 1 N–H and O–H groups in total. The fourth-order valence-corrected chi connectivity index (χ4v) is 4.92. The molecule has 3 nitrogen and oxygen atoms in total. The molecule has 134 valence electrons. The highest BCUT2D eigenvalue weighted by Gasteiger charge is 2.50. The molecule has 0 amide bonds. The summed E-state index contributed by atoms with van der Waals surface area (Å²) in [5.41, 5.74) is 1.30. The molecule has 2 aliphatic rings. The SMILES string of the molecule is COCCCC1(O)CCN2CC(C)(c3ccccc3)CCC2(C)C1. The topological polar surface area (TPSA) is 32.7 Å². The van der Waals surface area contributed by atoms with Gasteiger partial charge in [-0.05, 0) is 51.0 Å². The van der Waals surface area contributed by atoms with Gasteiger partial charge in [-0.25, -0.2) is 0 Å². The van der Waals surface area contributed by atoms with E-state index in [0.717, 1.165) is 51.8 Å².